The van der Waals surface area contributed by atoms with Crippen molar-refractivity contribution in [2.24, 2.45) is 0 Å². The minimum absolute atomic E-state index is 0.756. The zero-order valence-corrected chi connectivity index (χ0v) is 17.6. The predicted octanol–water partition coefficient (Wildman–Crippen LogP) is 5.14. The zero-order chi connectivity index (χ0) is 18.5. The maximum atomic E-state index is 4.95. The fourth-order valence-electron chi connectivity index (χ4n) is 2.73. The molecule has 0 spiro atoms. The molecule has 2 aromatic heterocycles. The number of halogens is 3. The van der Waals surface area contributed by atoms with E-state index in [1.165, 1.54) is 0 Å². The first-order valence-corrected chi connectivity index (χ1v) is 13.6. The first kappa shape index (κ1) is 19.6. The maximum absolute atomic E-state index is 4.95. The molecule has 2 N–H and O–H groups in total. The van der Waals surface area contributed by atoms with E-state index in [1.807, 2.05) is 48.5 Å². The minimum atomic E-state index is -1.77. The average molecular weight is 449 g/mol. The molecule has 0 fully saturated rings. The van der Waals surface area contributed by atoms with Gasteiger partial charge in [0.25, 0.3) is 0 Å². The van der Waals surface area contributed by atoms with Crippen LogP contribution >= 0.6 is 29.5 Å². The third-order valence-electron chi connectivity index (χ3n) is 3.72. The van der Waals surface area contributed by atoms with E-state index in [4.69, 9.17) is 29.5 Å². The van der Waals surface area contributed by atoms with Crippen LogP contribution in [0.25, 0.3) is 22.1 Å². The van der Waals surface area contributed by atoms with E-state index in [2.05, 4.69) is 31.9 Å². The Balaban J connectivity index is 0.000000447. The molecule has 0 atom stereocenters. The molecule has 0 aliphatic rings. The monoisotopic (exact) mass is 447 g/mol. The van der Waals surface area contributed by atoms with Crippen LogP contribution in [0, 0.1) is 0 Å². The second kappa shape index (κ2) is 9.13. The number of hydrogen-bond acceptors (Lipinski definition) is 3. The van der Waals surface area contributed by atoms with E-state index in [0.717, 1.165) is 46.8 Å². The summed E-state index contributed by atoms with van der Waals surface area (Å²) in [4.78, 5) is 18.1. The molecular weight excluding hydrogens is 432 g/mol. The standard InChI is InChI=1S/C17H17N5.3ClH.V/c1-22(10-16-18-12-6-2-3-7-13(12)19-16)11-17-20-14-8-4-5-9-15(14)21-17;;;;/h2-9H,10-11H2,1H3,(H,18,19)(H,20,21);3*1H;/q;;;;+3/p-3. The first-order chi connectivity index (χ1) is 12.5. The number of nitrogens with one attached hydrogen (secondary N) is 2. The number of rotatable bonds is 4. The topological polar surface area (TPSA) is 60.6 Å². The van der Waals surface area contributed by atoms with Gasteiger partial charge in [-0.1, -0.05) is 24.3 Å². The summed E-state index contributed by atoms with van der Waals surface area (Å²) < 4.78 is 0. The van der Waals surface area contributed by atoms with Crippen molar-refractivity contribution in [1.82, 2.24) is 24.8 Å². The fourth-order valence-corrected chi connectivity index (χ4v) is 2.73. The van der Waals surface area contributed by atoms with E-state index in [0.29, 0.717) is 0 Å². The molecule has 5 nitrogen and oxygen atoms in total. The van der Waals surface area contributed by atoms with Crippen LogP contribution in [0.4, 0.5) is 0 Å². The summed E-state index contributed by atoms with van der Waals surface area (Å²) in [5.41, 5.74) is 4.17. The van der Waals surface area contributed by atoms with Crippen LogP contribution in [0.2, 0.25) is 0 Å². The Bertz CT molecular complexity index is 840. The molecule has 0 saturated heterocycles. The van der Waals surface area contributed by atoms with Crippen molar-refractivity contribution in [3.8, 4) is 0 Å². The molecule has 136 valence electrons. The number of para-hydroxylation sites is 4. The van der Waals surface area contributed by atoms with Gasteiger partial charge < -0.3 is 9.97 Å². The van der Waals surface area contributed by atoms with Crippen molar-refractivity contribution in [3.05, 3.63) is 60.2 Å². The summed E-state index contributed by atoms with van der Waals surface area (Å²) in [6.45, 7) is 1.51. The second-order valence-corrected chi connectivity index (χ2v) is 12.7. The Morgan fingerprint density at radius 1 is 0.808 bits per heavy atom. The number of fused-ring (bicyclic) bond motifs is 2. The molecule has 0 aliphatic carbocycles. The van der Waals surface area contributed by atoms with Crippen LogP contribution < -0.4 is 0 Å². The van der Waals surface area contributed by atoms with Gasteiger partial charge in [0.05, 0.1) is 35.2 Å². The number of imidazole rings is 2. The Hall–Kier alpha value is -1.21. The van der Waals surface area contributed by atoms with Crippen molar-refractivity contribution in [1.29, 1.82) is 0 Å². The number of nitrogens with zero attached hydrogens (tertiary/aromatic N) is 3. The van der Waals surface area contributed by atoms with E-state index < -0.39 is 12.3 Å². The molecule has 9 heteroatoms. The number of aromatic nitrogens is 4. The number of benzene rings is 2. The van der Waals surface area contributed by atoms with Crippen molar-refractivity contribution < 1.29 is 12.3 Å². The molecular formula is C17H17Cl3N5V. The summed E-state index contributed by atoms with van der Waals surface area (Å²) >= 11 is -1.77. The molecule has 4 aromatic rings. The van der Waals surface area contributed by atoms with Gasteiger partial charge in [-0.25, -0.2) is 9.97 Å². The van der Waals surface area contributed by atoms with Crippen LogP contribution in [-0.2, 0) is 25.4 Å². The summed E-state index contributed by atoms with van der Waals surface area (Å²) in [6, 6.07) is 16.2. The number of hydrogen-bond donors (Lipinski definition) is 2. The predicted molar refractivity (Wildman–Crippen MR) is 105 cm³/mol. The SMILES string of the molecule is CN(Cc1nc2ccccc2[nH]1)Cc1nc2ccccc2[nH]1.[Cl][V]([Cl])[Cl]. The van der Waals surface area contributed by atoms with Crippen molar-refractivity contribution in [2.45, 2.75) is 13.1 Å². The Kier molecular flexibility index (Phi) is 6.87. The molecule has 2 aromatic carbocycles. The van der Waals surface area contributed by atoms with E-state index in [-0.39, 0.29) is 0 Å². The molecule has 0 aliphatic heterocycles. The summed E-state index contributed by atoms with van der Waals surface area (Å²) in [5, 5.41) is 0. The number of H-pyrrole nitrogens is 2. The molecule has 0 unspecified atom stereocenters. The van der Waals surface area contributed by atoms with Crippen LogP contribution in [-0.4, -0.2) is 31.9 Å². The fraction of sp³-hybridized carbons (Fsp3) is 0.176. The third kappa shape index (κ3) is 5.40. The summed E-state index contributed by atoms with van der Waals surface area (Å²) in [5.74, 6) is 1.94. The van der Waals surface area contributed by atoms with Crippen LogP contribution in [0.1, 0.15) is 11.6 Å². The quantitative estimate of drug-likeness (QED) is 0.455. The summed E-state index contributed by atoms with van der Waals surface area (Å²) in [6.07, 6.45) is 0. The van der Waals surface area contributed by atoms with E-state index >= 15 is 0 Å². The number of aromatic amines is 2. The summed E-state index contributed by atoms with van der Waals surface area (Å²) in [7, 11) is 16.9. The van der Waals surface area contributed by atoms with Crippen LogP contribution in [0.15, 0.2) is 48.5 Å². The average Bonchev–Trinajstić information content (AvgIpc) is 3.16. The normalized spacial score (nSPS) is 11.3. The van der Waals surface area contributed by atoms with Crippen molar-refractivity contribution >= 4 is 51.6 Å². The third-order valence-corrected chi connectivity index (χ3v) is 3.72. The Morgan fingerprint density at radius 2 is 1.19 bits per heavy atom. The zero-order valence-electron chi connectivity index (χ0n) is 14.0. The van der Waals surface area contributed by atoms with Gasteiger partial charge >= 0.3 is 41.8 Å². The Labute approximate surface area is 168 Å². The molecule has 0 radical (unpaired) electrons. The second-order valence-electron chi connectivity index (χ2n) is 5.77. The Morgan fingerprint density at radius 3 is 1.58 bits per heavy atom. The van der Waals surface area contributed by atoms with E-state index in [1.54, 1.807) is 0 Å². The van der Waals surface area contributed by atoms with Crippen molar-refractivity contribution in [2.75, 3.05) is 7.05 Å². The van der Waals surface area contributed by atoms with Gasteiger partial charge in [0.15, 0.2) is 0 Å². The van der Waals surface area contributed by atoms with Gasteiger partial charge in [0.2, 0.25) is 0 Å². The molecule has 0 saturated carbocycles. The first-order valence-electron chi connectivity index (χ1n) is 7.84. The molecule has 0 bridgehead atoms. The molecule has 4 rings (SSSR count). The molecule has 26 heavy (non-hydrogen) atoms. The van der Waals surface area contributed by atoms with Gasteiger partial charge in [-0.05, 0) is 31.3 Å². The molecule has 2 heterocycles. The van der Waals surface area contributed by atoms with Gasteiger partial charge in [-0.2, -0.15) is 0 Å². The van der Waals surface area contributed by atoms with Gasteiger partial charge in [0, 0.05) is 0 Å². The molecule has 0 amide bonds. The van der Waals surface area contributed by atoms with Gasteiger partial charge in [-0.15, -0.1) is 0 Å². The van der Waals surface area contributed by atoms with Crippen LogP contribution in [0.3, 0.4) is 0 Å². The van der Waals surface area contributed by atoms with Gasteiger partial charge in [-0.3, -0.25) is 4.90 Å². The van der Waals surface area contributed by atoms with Crippen LogP contribution in [0.5, 0.6) is 0 Å². The van der Waals surface area contributed by atoms with Crippen molar-refractivity contribution in [3.63, 3.8) is 0 Å². The van der Waals surface area contributed by atoms with E-state index in [9.17, 15) is 0 Å². The van der Waals surface area contributed by atoms with Gasteiger partial charge in [0.1, 0.15) is 11.6 Å².